The molecule has 38 heavy (non-hydrogen) atoms. The number of hydrogen-bond donors (Lipinski definition) is 2. The van der Waals surface area contributed by atoms with Crippen LogP contribution in [-0.4, -0.2) is 60.8 Å². The number of alkyl halides is 2. The number of halogens is 2. The molecular formula is C25H34F2N8O3. The maximum atomic E-state index is 12.4. The highest BCUT2D eigenvalue weighted by molar-refractivity contribution is 5.93. The van der Waals surface area contributed by atoms with Gasteiger partial charge in [0.05, 0.1) is 24.6 Å². The molecule has 0 atom stereocenters. The van der Waals surface area contributed by atoms with Crippen LogP contribution < -0.4 is 10.6 Å². The summed E-state index contributed by atoms with van der Waals surface area (Å²) in [5, 5.41) is 17.5. The van der Waals surface area contributed by atoms with E-state index >= 15 is 0 Å². The first-order valence-electron chi connectivity index (χ1n) is 13.2. The first kappa shape index (κ1) is 27.4. The number of fused-ring (bicyclic) bond motifs is 1. The Kier molecular flexibility index (Phi) is 8.85. The maximum absolute atomic E-state index is 12.4. The number of nitrogens with one attached hydrogen (secondary N) is 2. The maximum Gasteiger partial charge on any atom is 0.317 e. The van der Waals surface area contributed by atoms with Gasteiger partial charge in [-0.2, -0.15) is 5.10 Å². The van der Waals surface area contributed by atoms with Crippen LogP contribution in [-0.2, 0) is 13.1 Å². The highest BCUT2D eigenvalue weighted by atomic mass is 19.3. The molecule has 2 saturated carbocycles. The molecule has 4 heterocycles. The van der Waals surface area contributed by atoms with Crippen molar-refractivity contribution in [1.82, 2.24) is 40.4 Å². The monoisotopic (exact) mass is 532 g/mol. The zero-order valence-corrected chi connectivity index (χ0v) is 21.8. The third-order valence-electron chi connectivity index (χ3n) is 6.45. The fourth-order valence-corrected chi connectivity index (χ4v) is 4.32. The molecule has 2 aliphatic carbocycles. The lowest BCUT2D eigenvalue weighted by molar-refractivity contribution is -0.0337. The predicted molar refractivity (Wildman–Crippen MR) is 134 cm³/mol. The minimum Gasteiger partial charge on any atom is -0.345 e. The van der Waals surface area contributed by atoms with E-state index in [-0.39, 0.29) is 42.9 Å². The summed E-state index contributed by atoms with van der Waals surface area (Å²) in [6.45, 7) is 6.06. The van der Waals surface area contributed by atoms with Gasteiger partial charge in [0.1, 0.15) is 5.69 Å². The van der Waals surface area contributed by atoms with Crippen molar-refractivity contribution in [2.45, 2.75) is 83.7 Å². The fourth-order valence-electron chi connectivity index (χ4n) is 4.32. The van der Waals surface area contributed by atoms with Crippen LogP contribution in [0.5, 0.6) is 0 Å². The molecule has 3 fully saturated rings. The molecule has 3 aromatic rings. The molecule has 1 saturated heterocycles. The summed E-state index contributed by atoms with van der Waals surface area (Å²) in [6, 6.07) is 1.82. The Morgan fingerprint density at radius 1 is 1.21 bits per heavy atom. The third kappa shape index (κ3) is 7.01. The van der Waals surface area contributed by atoms with E-state index in [4.69, 9.17) is 4.63 Å². The minimum atomic E-state index is -2.32. The van der Waals surface area contributed by atoms with Crippen LogP contribution in [0.1, 0.15) is 92.2 Å². The summed E-state index contributed by atoms with van der Waals surface area (Å²) in [7, 11) is 0. The topological polar surface area (TPSA) is 131 Å². The van der Waals surface area contributed by atoms with Gasteiger partial charge in [-0.25, -0.2) is 27.7 Å². The van der Waals surface area contributed by atoms with Crippen molar-refractivity contribution in [3.05, 3.63) is 41.1 Å². The Morgan fingerprint density at radius 2 is 1.97 bits per heavy atom. The normalized spacial score (nSPS) is 18.2. The number of nitrogens with zero attached hydrogens (tertiary/aromatic N) is 6. The highest BCUT2D eigenvalue weighted by Crippen LogP contribution is 2.40. The largest absolute Gasteiger partial charge is 0.345 e. The average molecular weight is 533 g/mol. The van der Waals surface area contributed by atoms with E-state index < -0.39 is 5.92 Å². The molecule has 3 amide bonds. The van der Waals surface area contributed by atoms with Crippen LogP contribution in [0.4, 0.5) is 13.6 Å². The van der Waals surface area contributed by atoms with E-state index in [2.05, 4.69) is 31.0 Å². The summed E-state index contributed by atoms with van der Waals surface area (Å²) in [5.74, 6) is -2.37. The Labute approximate surface area is 219 Å². The van der Waals surface area contributed by atoms with Crippen LogP contribution in [0.15, 0.2) is 23.1 Å². The Bertz CT molecular complexity index is 1230. The van der Waals surface area contributed by atoms with Gasteiger partial charge in [-0.3, -0.25) is 4.79 Å². The second kappa shape index (κ2) is 12.3. The van der Waals surface area contributed by atoms with Crippen LogP contribution >= 0.6 is 0 Å². The standard InChI is InChI=1S/C17H18N8O3.C6H10F2.C2H6/c26-16(15-14(11-1-2-11)22-28-23-15)19-7-12-9-25-13(21-12)5-10(6-20-25)8-24-4-3-18-17(24)27;7-6(8)4-2-1-3-5-6;1-2/h5-6,9,11H,1-4,7-8H2,(H,18,27)(H,19,26);1-5H2;1-2H3. The van der Waals surface area contributed by atoms with E-state index in [1.165, 1.54) is 0 Å². The van der Waals surface area contributed by atoms with Crippen molar-refractivity contribution in [3.63, 3.8) is 0 Å². The van der Waals surface area contributed by atoms with Gasteiger partial charge in [0, 0.05) is 38.4 Å². The summed E-state index contributed by atoms with van der Waals surface area (Å²) in [4.78, 5) is 30.3. The van der Waals surface area contributed by atoms with Crippen molar-refractivity contribution in [2.24, 2.45) is 0 Å². The van der Waals surface area contributed by atoms with E-state index in [1.54, 1.807) is 21.8 Å². The number of urea groups is 1. The number of amides is 3. The van der Waals surface area contributed by atoms with Gasteiger partial charge in [-0.1, -0.05) is 25.4 Å². The van der Waals surface area contributed by atoms with Crippen molar-refractivity contribution < 1.29 is 23.0 Å². The first-order chi connectivity index (χ1) is 18.4. The lowest BCUT2D eigenvalue weighted by atomic mass is 9.97. The second-order valence-corrected chi connectivity index (χ2v) is 9.42. The Hall–Kier alpha value is -3.64. The van der Waals surface area contributed by atoms with Gasteiger partial charge >= 0.3 is 6.03 Å². The molecule has 0 spiro atoms. The molecule has 0 radical (unpaired) electrons. The first-order valence-corrected chi connectivity index (χ1v) is 13.2. The van der Waals surface area contributed by atoms with Gasteiger partial charge < -0.3 is 15.5 Å². The fraction of sp³-hybridized carbons (Fsp3) is 0.600. The van der Waals surface area contributed by atoms with Gasteiger partial charge in [-0.05, 0) is 42.5 Å². The van der Waals surface area contributed by atoms with Crippen molar-refractivity contribution in [2.75, 3.05) is 13.1 Å². The quantitative estimate of drug-likeness (QED) is 0.490. The zero-order chi connectivity index (χ0) is 27.1. The van der Waals surface area contributed by atoms with Crippen LogP contribution in [0.3, 0.4) is 0 Å². The molecule has 0 aromatic carbocycles. The molecule has 11 nitrogen and oxygen atoms in total. The summed E-state index contributed by atoms with van der Waals surface area (Å²) >= 11 is 0. The summed E-state index contributed by atoms with van der Waals surface area (Å²) in [6.07, 6.45) is 8.15. The number of imidazole rings is 1. The van der Waals surface area contributed by atoms with E-state index in [0.717, 1.165) is 24.8 Å². The van der Waals surface area contributed by atoms with E-state index in [1.807, 2.05) is 19.9 Å². The van der Waals surface area contributed by atoms with Gasteiger partial charge in [-0.15, -0.1) is 0 Å². The summed E-state index contributed by atoms with van der Waals surface area (Å²) < 4.78 is 30.8. The van der Waals surface area contributed by atoms with Crippen molar-refractivity contribution in [1.29, 1.82) is 0 Å². The van der Waals surface area contributed by atoms with E-state index in [0.29, 0.717) is 49.5 Å². The number of aromatic nitrogens is 5. The third-order valence-corrected chi connectivity index (χ3v) is 6.45. The number of carbonyl (C=O) groups excluding carboxylic acids is 2. The van der Waals surface area contributed by atoms with Gasteiger partial charge in [0.15, 0.2) is 11.3 Å². The lowest BCUT2D eigenvalue weighted by Gasteiger charge is -2.20. The van der Waals surface area contributed by atoms with Crippen molar-refractivity contribution in [3.8, 4) is 0 Å². The smallest absolute Gasteiger partial charge is 0.317 e. The predicted octanol–water partition coefficient (Wildman–Crippen LogP) is 4.06. The molecule has 0 unspecified atom stereocenters. The molecule has 206 valence electrons. The second-order valence-electron chi connectivity index (χ2n) is 9.42. The molecule has 3 aliphatic rings. The number of hydrogen-bond acceptors (Lipinski definition) is 7. The van der Waals surface area contributed by atoms with Gasteiger partial charge in [0.25, 0.3) is 5.91 Å². The molecule has 13 heteroatoms. The molecule has 0 bridgehead atoms. The van der Waals surface area contributed by atoms with Gasteiger partial charge in [0.2, 0.25) is 5.92 Å². The SMILES string of the molecule is CC.FC1(F)CCCCC1.O=C(NCc1cn2ncc(CN3CCNC3=O)cc2n1)c1nonc1C1CC1. The lowest BCUT2D eigenvalue weighted by Crippen LogP contribution is -2.27. The van der Waals surface area contributed by atoms with Crippen molar-refractivity contribution >= 4 is 17.6 Å². The Balaban J connectivity index is 0.000000287. The molecule has 2 N–H and O–H groups in total. The summed E-state index contributed by atoms with van der Waals surface area (Å²) in [5.41, 5.74) is 3.10. The van der Waals surface area contributed by atoms with Crippen LogP contribution in [0.2, 0.25) is 0 Å². The van der Waals surface area contributed by atoms with E-state index in [9.17, 15) is 18.4 Å². The van der Waals surface area contributed by atoms with Crippen LogP contribution in [0.25, 0.3) is 5.65 Å². The van der Waals surface area contributed by atoms with Crippen LogP contribution in [0, 0.1) is 0 Å². The minimum absolute atomic E-state index is 0.0699. The highest BCUT2D eigenvalue weighted by Gasteiger charge is 2.33. The Morgan fingerprint density at radius 3 is 2.61 bits per heavy atom. The average Bonchev–Trinajstić information content (AvgIpc) is 3.29. The zero-order valence-electron chi connectivity index (χ0n) is 21.8. The number of rotatable bonds is 6. The molecule has 6 rings (SSSR count). The molecular weight excluding hydrogens is 498 g/mol. The molecule has 3 aromatic heterocycles. The number of carbonyl (C=O) groups is 2. The molecule has 1 aliphatic heterocycles.